The number of urea groups is 1. The van der Waals surface area contributed by atoms with Gasteiger partial charge in [-0.2, -0.15) is 0 Å². The van der Waals surface area contributed by atoms with Crippen LogP contribution in [0.1, 0.15) is 25.7 Å². The Hall–Kier alpha value is -1.75. The van der Waals surface area contributed by atoms with Gasteiger partial charge in [0.2, 0.25) is 0 Å². The summed E-state index contributed by atoms with van der Waals surface area (Å²) in [6.07, 6.45) is 4.37. The minimum atomic E-state index is 0.110. The molecule has 3 heterocycles. The van der Waals surface area contributed by atoms with E-state index in [-0.39, 0.29) is 17.5 Å². The fourth-order valence-corrected chi connectivity index (χ4v) is 4.31. The summed E-state index contributed by atoms with van der Waals surface area (Å²) in [5.41, 5.74) is 1.49. The van der Waals surface area contributed by atoms with Crippen molar-refractivity contribution in [3.63, 3.8) is 0 Å². The Labute approximate surface area is 144 Å². The second-order valence-electron chi connectivity index (χ2n) is 7.54. The Balaban J connectivity index is 1.32. The molecule has 1 N–H and O–H groups in total. The molecule has 5 nitrogen and oxygen atoms in total. The second-order valence-corrected chi connectivity index (χ2v) is 7.54. The number of carbonyl (C=O) groups is 1. The first-order valence-electron chi connectivity index (χ1n) is 9.17. The number of nitrogens with zero attached hydrogens (tertiary/aromatic N) is 2. The molecule has 3 aliphatic heterocycles. The maximum Gasteiger partial charge on any atom is 0.317 e. The standard InChI is InChI=1S/C19H27N3O2/c23-18(22-11-8-19(14-22)9-12-24-15-19)20-16-5-4-10-21(13-16)17-6-2-1-3-7-17/h1-3,6-7,16H,4-5,8-15H2,(H,20,23)/t16-,19+/m1/s1. The van der Waals surface area contributed by atoms with Gasteiger partial charge in [-0.05, 0) is 37.8 Å². The minimum absolute atomic E-state index is 0.110. The van der Waals surface area contributed by atoms with E-state index in [4.69, 9.17) is 4.74 Å². The van der Waals surface area contributed by atoms with Crippen LogP contribution in [0.3, 0.4) is 0 Å². The van der Waals surface area contributed by atoms with Crippen molar-refractivity contribution in [3.05, 3.63) is 30.3 Å². The van der Waals surface area contributed by atoms with E-state index in [0.29, 0.717) is 0 Å². The summed E-state index contributed by atoms with van der Waals surface area (Å²) >= 11 is 0. The lowest BCUT2D eigenvalue weighted by atomic mass is 9.87. The first-order chi connectivity index (χ1) is 11.7. The smallest absolute Gasteiger partial charge is 0.317 e. The van der Waals surface area contributed by atoms with Crippen molar-refractivity contribution in [1.82, 2.24) is 10.2 Å². The van der Waals surface area contributed by atoms with Crippen molar-refractivity contribution < 1.29 is 9.53 Å². The van der Waals surface area contributed by atoms with Crippen molar-refractivity contribution in [2.45, 2.75) is 31.7 Å². The summed E-state index contributed by atoms with van der Waals surface area (Å²) in [7, 11) is 0. The van der Waals surface area contributed by atoms with Crippen LogP contribution in [0.15, 0.2) is 30.3 Å². The van der Waals surface area contributed by atoms with Crippen LogP contribution in [0.4, 0.5) is 10.5 Å². The van der Waals surface area contributed by atoms with Crippen molar-refractivity contribution in [2.75, 3.05) is 44.3 Å². The van der Waals surface area contributed by atoms with Gasteiger partial charge in [-0.15, -0.1) is 0 Å². The lowest BCUT2D eigenvalue weighted by Crippen LogP contribution is -2.51. The highest BCUT2D eigenvalue weighted by Crippen LogP contribution is 2.38. The fraction of sp³-hybridized carbons (Fsp3) is 0.632. The molecule has 3 aliphatic rings. The molecule has 0 bridgehead atoms. The molecule has 5 heteroatoms. The predicted molar refractivity (Wildman–Crippen MR) is 94.3 cm³/mol. The predicted octanol–water partition coefficient (Wildman–Crippen LogP) is 2.48. The SMILES string of the molecule is O=C(N[C@@H]1CCCN(c2ccccc2)C1)N1CC[C@]2(CCOC2)C1. The van der Waals surface area contributed by atoms with Crippen LogP contribution < -0.4 is 10.2 Å². The number of benzene rings is 1. The van der Waals surface area contributed by atoms with E-state index in [0.717, 1.165) is 65.1 Å². The fourth-order valence-electron chi connectivity index (χ4n) is 4.31. The van der Waals surface area contributed by atoms with Gasteiger partial charge in [0.1, 0.15) is 0 Å². The number of rotatable bonds is 2. The Morgan fingerprint density at radius 2 is 2.08 bits per heavy atom. The number of para-hydroxylation sites is 1. The highest BCUT2D eigenvalue weighted by molar-refractivity contribution is 5.75. The van der Waals surface area contributed by atoms with Gasteiger partial charge in [0.05, 0.1) is 6.61 Å². The molecule has 0 unspecified atom stereocenters. The molecule has 1 spiro atoms. The molecule has 1 aromatic carbocycles. The number of piperidine rings is 1. The normalized spacial score (nSPS) is 30.1. The summed E-state index contributed by atoms with van der Waals surface area (Å²) in [6, 6.07) is 10.8. The summed E-state index contributed by atoms with van der Waals surface area (Å²) < 4.78 is 5.56. The molecule has 0 saturated carbocycles. The largest absolute Gasteiger partial charge is 0.381 e. The molecule has 3 fully saturated rings. The number of likely N-dealkylation sites (tertiary alicyclic amines) is 1. The van der Waals surface area contributed by atoms with Crippen LogP contribution >= 0.6 is 0 Å². The van der Waals surface area contributed by atoms with Gasteiger partial charge in [-0.25, -0.2) is 4.79 Å². The first-order valence-corrected chi connectivity index (χ1v) is 9.17. The van der Waals surface area contributed by atoms with Crippen LogP contribution in [0, 0.1) is 5.41 Å². The lowest BCUT2D eigenvalue weighted by Gasteiger charge is -2.35. The third-order valence-corrected chi connectivity index (χ3v) is 5.78. The van der Waals surface area contributed by atoms with E-state index in [1.807, 2.05) is 11.0 Å². The maximum atomic E-state index is 12.7. The van der Waals surface area contributed by atoms with Gasteiger partial charge in [0.25, 0.3) is 0 Å². The molecule has 0 radical (unpaired) electrons. The van der Waals surface area contributed by atoms with Crippen molar-refractivity contribution in [2.24, 2.45) is 5.41 Å². The van der Waals surface area contributed by atoms with Crippen LogP contribution in [0.5, 0.6) is 0 Å². The molecule has 130 valence electrons. The highest BCUT2D eigenvalue weighted by atomic mass is 16.5. The average molecular weight is 329 g/mol. The van der Waals surface area contributed by atoms with Crippen molar-refractivity contribution >= 4 is 11.7 Å². The summed E-state index contributed by atoms with van der Waals surface area (Å²) in [6.45, 7) is 5.36. The number of carbonyl (C=O) groups excluding carboxylic acids is 1. The summed E-state index contributed by atoms with van der Waals surface area (Å²) in [5.74, 6) is 0. The third-order valence-electron chi connectivity index (χ3n) is 5.78. The van der Waals surface area contributed by atoms with Crippen LogP contribution in [-0.4, -0.2) is 56.4 Å². The minimum Gasteiger partial charge on any atom is -0.381 e. The molecule has 0 aromatic heterocycles. The number of hydrogen-bond acceptors (Lipinski definition) is 3. The zero-order chi connectivity index (χ0) is 16.4. The summed E-state index contributed by atoms with van der Waals surface area (Å²) in [4.78, 5) is 17.0. The number of amides is 2. The molecule has 2 amide bonds. The molecule has 0 aliphatic carbocycles. The lowest BCUT2D eigenvalue weighted by molar-refractivity contribution is 0.152. The number of nitrogens with one attached hydrogen (secondary N) is 1. The topological polar surface area (TPSA) is 44.8 Å². The van der Waals surface area contributed by atoms with Crippen molar-refractivity contribution in [1.29, 1.82) is 0 Å². The quantitative estimate of drug-likeness (QED) is 0.907. The van der Waals surface area contributed by atoms with Gasteiger partial charge >= 0.3 is 6.03 Å². The van der Waals surface area contributed by atoms with E-state index < -0.39 is 0 Å². The summed E-state index contributed by atoms with van der Waals surface area (Å²) in [5, 5.41) is 3.27. The Morgan fingerprint density at radius 1 is 1.21 bits per heavy atom. The first kappa shape index (κ1) is 15.8. The highest BCUT2D eigenvalue weighted by Gasteiger charge is 2.43. The molecular weight excluding hydrogens is 302 g/mol. The Morgan fingerprint density at radius 3 is 2.88 bits per heavy atom. The second kappa shape index (κ2) is 6.63. The van der Waals surface area contributed by atoms with Crippen LogP contribution in [-0.2, 0) is 4.74 Å². The van der Waals surface area contributed by atoms with Gasteiger partial charge in [0, 0.05) is 49.9 Å². The molecular formula is C19H27N3O2. The van der Waals surface area contributed by atoms with Gasteiger partial charge < -0.3 is 19.9 Å². The molecule has 3 saturated heterocycles. The number of ether oxygens (including phenoxy) is 1. The zero-order valence-corrected chi connectivity index (χ0v) is 14.2. The Kier molecular flexibility index (Phi) is 4.35. The van der Waals surface area contributed by atoms with Gasteiger partial charge in [0.15, 0.2) is 0 Å². The number of hydrogen-bond donors (Lipinski definition) is 1. The molecule has 24 heavy (non-hydrogen) atoms. The number of anilines is 1. The van der Waals surface area contributed by atoms with Crippen LogP contribution in [0.2, 0.25) is 0 Å². The van der Waals surface area contributed by atoms with E-state index in [1.165, 1.54) is 5.69 Å². The van der Waals surface area contributed by atoms with Crippen LogP contribution in [0.25, 0.3) is 0 Å². The van der Waals surface area contributed by atoms with E-state index in [1.54, 1.807) is 0 Å². The van der Waals surface area contributed by atoms with Crippen molar-refractivity contribution in [3.8, 4) is 0 Å². The van der Waals surface area contributed by atoms with Gasteiger partial charge in [-0.1, -0.05) is 18.2 Å². The monoisotopic (exact) mass is 329 g/mol. The molecule has 2 atom stereocenters. The van der Waals surface area contributed by atoms with Gasteiger partial charge in [-0.3, -0.25) is 0 Å². The van der Waals surface area contributed by atoms with E-state index >= 15 is 0 Å². The third kappa shape index (κ3) is 3.22. The average Bonchev–Trinajstić information content (AvgIpc) is 3.26. The van der Waals surface area contributed by atoms with E-state index in [2.05, 4.69) is 34.5 Å². The molecule has 4 rings (SSSR count). The molecule has 1 aromatic rings. The zero-order valence-electron chi connectivity index (χ0n) is 14.2. The maximum absolute atomic E-state index is 12.7. The van der Waals surface area contributed by atoms with E-state index in [9.17, 15) is 4.79 Å². The Bertz CT molecular complexity index is 571.